The predicted molar refractivity (Wildman–Crippen MR) is 114 cm³/mol. The van der Waals surface area contributed by atoms with Gasteiger partial charge in [-0.2, -0.15) is 0 Å². The molecule has 0 aliphatic rings. The molecule has 140 valence electrons. The maximum Gasteiger partial charge on any atom is 0.189 e. The van der Waals surface area contributed by atoms with Crippen LogP contribution in [0, 0.1) is 5.92 Å². The van der Waals surface area contributed by atoms with Crippen LogP contribution in [0.4, 0.5) is 5.69 Å². The standard InChI is InChI=1S/C18H30N4OS2/c1-4-7-8-14(5-2)13-19-17(24)21-22-18(25)20-15-9-11-16(12-10-15)23-6-3/h9-12,14H,4-8,13H2,1-3H3,(H2,19,21,24)(H2,20,22,25)/t14-/m0/s1. The molecule has 1 aromatic rings. The Morgan fingerprint density at radius 3 is 2.32 bits per heavy atom. The second kappa shape index (κ2) is 12.7. The van der Waals surface area contributed by atoms with Crippen molar-refractivity contribution in [2.45, 2.75) is 46.5 Å². The van der Waals surface area contributed by atoms with E-state index in [1.54, 1.807) is 0 Å². The van der Waals surface area contributed by atoms with Crippen LogP contribution in [-0.4, -0.2) is 23.4 Å². The molecule has 0 unspecified atom stereocenters. The summed E-state index contributed by atoms with van der Waals surface area (Å²) >= 11 is 10.5. The number of hydrogen-bond acceptors (Lipinski definition) is 3. The van der Waals surface area contributed by atoms with Crippen LogP contribution >= 0.6 is 24.4 Å². The van der Waals surface area contributed by atoms with Crippen LogP contribution in [0.2, 0.25) is 0 Å². The topological polar surface area (TPSA) is 57.3 Å². The SMILES string of the molecule is CCCC[C@H](CC)CNC(=S)NNC(=S)Nc1ccc(OCC)cc1. The van der Waals surface area contributed by atoms with E-state index in [1.807, 2.05) is 31.2 Å². The van der Waals surface area contributed by atoms with Crippen molar-refractivity contribution in [3.63, 3.8) is 0 Å². The van der Waals surface area contributed by atoms with Gasteiger partial charge in [0.05, 0.1) is 6.61 Å². The van der Waals surface area contributed by atoms with E-state index in [4.69, 9.17) is 29.2 Å². The Morgan fingerprint density at radius 2 is 1.72 bits per heavy atom. The monoisotopic (exact) mass is 382 g/mol. The van der Waals surface area contributed by atoms with E-state index in [9.17, 15) is 0 Å². The summed E-state index contributed by atoms with van der Waals surface area (Å²) in [4.78, 5) is 0. The molecule has 0 aliphatic heterocycles. The van der Waals surface area contributed by atoms with Crippen LogP contribution in [0.15, 0.2) is 24.3 Å². The van der Waals surface area contributed by atoms with Crippen LogP contribution in [0.5, 0.6) is 5.75 Å². The van der Waals surface area contributed by atoms with Gasteiger partial charge < -0.3 is 15.4 Å². The molecule has 0 saturated carbocycles. The molecule has 0 aromatic heterocycles. The van der Waals surface area contributed by atoms with Crippen molar-refractivity contribution in [1.29, 1.82) is 0 Å². The lowest BCUT2D eigenvalue weighted by Crippen LogP contribution is -2.49. The first-order valence-electron chi connectivity index (χ1n) is 8.92. The number of ether oxygens (including phenoxy) is 1. The minimum absolute atomic E-state index is 0.450. The van der Waals surface area contributed by atoms with E-state index in [2.05, 4.69) is 35.3 Å². The van der Waals surface area contributed by atoms with Crippen molar-refractivity contribution in [1.82, 2.24) is 16.2 Å². The predicted octanol–water partition coefficient (Wildman–Crippen LogP) is 3.97. The van der Waals surface area contributed by atoms with Crippen molar-refractivity contribution in [2.24, 2.45) is 5.92 Å². The van der Waals surface area contributed by atoms with Crippen molar-refractivity contribution in [3.8, 4) is 5.75 Å². The molecule has 0 aliphatic carbocycles. The van der Waals surface area contributed by atoms with Gasteiger partial charge in [0.2, 0.25) is 0 Å². The lowest BCUT2D eigenvalue weighted by atomic mass is 9.99. The second-order valence-electron chi connectivity index (χ2n) is 5.79. The van der Waals surface area contributed by atoms with Gasteiger partial charge in [0.15, 0.2) is 10.2 Å². The van der Waals surface area contributed by atoms with Crippen LogP contribution in [0.3, 0.4) is 0 Å². The maximum atomic E-state index is 5.41. The summed E-state index contributed by atoms with van der Waals surface area (Å²) in [7, 11) is 0. The first-order valence-corrected chi connectivity index (χ1v) is 9.74. The van der Waals surface area contributed by atoms with Crippen LogP contribution in [0.25, 0.3) is 0 Å². The van der Waals surface area contributed by atoms with Gasteiger partial charge in [-0.25, -0.2) is 0 Å². The molecule has 7 heteroatoms. The molecule has 1 rings (SSSR count). The molecule has 0 amide bonds. The fourth-order valence-corrected chi connectivity index (χ4v) is 2.60. The molecule has 5 nitrogen and oxygen atoms in total. The van der Waals surface area contributed by atoms with Crippen molar-refractivity contribution < 1.29 is 4.74 Å². The zero-order chi connectivity index (χ0) is 18.5. The molecule has 0 saturated heterocycles. The minimum atomic E-state index is 0.450. The van der Waals surface area contributed by atoms with Crippen molar-refractivity contribution >= 4 is 40.3 Å². The fourth-order valence-electron chi connectivity index (χ4n) is 2.30. The highest BCUT2D eigenvalue weighted by molar-refractivity contribution is 7.80. The zero-order valence-corrected chi connectivity index (χ0v) is 17.0. The smallest absolute Gasteiger partial charge is 0.189 e. The summed E-state index contributed by atoms with van der Waals surface area (Å²) in [6.07, 6.45) is 4.87. The molecular weight excluding hydrogens is 352 g/mol. The van der Waals surface area contributed by atoms with Crippen molar-refractivity contribution in [2.75, 3.05) is 18.5 Å². The van der Waals surface area contributed by atoms with Gasteiger partial charge in [0, 0.05) is 12.2 Å². The van der Waals surface area contributed by atoms with E-state index in [1.165, 1.54) is 19.3 Å². The van der Waals surface area contributed by atoms with E-state index in [0.717, 1.165) is 24.4 Å². The third-order valence-corrected chi connectivity index (χ3v) is 4.26. The number of benzene rings is 1. The molecule has 0 bridgehead atoms. The first-order chi connectivity index (χ1) is 12.1. The molecule has 0 heterocycles. The molecule has 1 aromatic carbocycles. The summed E-state index contributed by atoms with van der Waals surface area (Å²) in [5.74, 6) is 1.48. The normalized spacial score (nSPS) is 11.3. The highest BCUT2D eigenvalue weighted by atomic mass is 32.1. The highest BCUT2D eigenvalue weighted by Crippen LogP contribution is 2.15. The number of thiocarbonyl (C=S) groups is 2. The Balaban J connectivity index is 2.27. The summed E-state index contributed by atoms with van der Waals surface area (Å²) < 4.78 is 5.41. The molecular formula is C18H30N4OS2. The van der Waals surface area contributed by atoms with Gasteiger partial charge in [0.25, 0.3) is 0 Å². The first kappa shape index (κ1) is 21.4. The van der Waals surface area contributed by atoms with Gasteiger partial charge in [-0.1, -0.05) is 33.1 Å². The third-order valence-electron chi connectivity index (χ3n) is 3.81. The Labute approximate surface area is 162 Å². The summed E-state index contributed by atoms with van der Waals surface area (Å²) in [5, 5.41) is 7.32. The summed E-state index contributed by atoms with van der Waals surface area (Å²) in [6, 6.07) is 7.62. The Morgan fingerprint density at radius 1 is 1.04 bits per heavy atom. The fraction of sp³-hybridized carbons (Fsp3) is 0.556. The molecule has 0 spiro atoms. The average Bonchev–Trinajstić information content (AvgIpc) is 2.62. The number of hydrogen-bond donors (Lipinski definition) is 4. The van der Waals surface area contributed by atoms with E-state index < -0.39 is 0 Å². The minimum Gasteiger partial charge on any atom is -0.494 e. The number of rotatable bonds is 9. The van der Waals surface area contributed by atoms with Crippen LogP contribution in [0.1, 0.15) is 46.5 Å². The van der Waals surface area contributed by atoms with Crippen molar-refractivity contribution in [3.05, 3.63) is 24.3 Å². The molecule has 1 atom stereocenters. The Kier molecular flexibility index (Phi) is 10.9. The third kappa shape index (κ3) is 9.45. The Bertz CT molecular complexity index is 522. The Hall–Kier alpha value is -1.60. The number of hydrazine groups is 1. The second-order valence-corrected chi connectivity index (χ2v) is 6.60. The molecule has 0 radical (unpaired) electrons. The van der Waals surface area contributed by atoms with Crippen LogP contribution in [-0.2, 0) is 0 Å². The lowest BCUT2D eigenvalue weighted by Gasteiger charge is -2.18. The summed E-state index contributed by atoms with van der Waals surface area (Å²) in [5.41, 5.74) is 6.68. The van der Waals surface area contributed by atoms with Gasteiger partial charge in [-0.15, -0.1) is 0 Å². The van der Waals surface area contributed by atoms with Gasteiger partial charge in [0.1, 0.15) is 5.75 Å². The number of nitrogens with one attached hydrogen (secondary N) is 4. The van der Waals surface area contributed by atoms with Gasteiger partial charge in [-0.3, -0.25) is 10.9 Å². The maximum absolute atomic E-state index is 5.41. The van der Waals surface area contributed by atoms with E-state index >= 15 is 0 Å². The molecule has 25 heavy (non-hydrogen) atoms. The number of anilines is 1. The van der Waals surface area contributed by atoms with E-state index in [-0.39, 0.29) is 0 Å². The van der Waals surface area contributed by atoms with Gasteiger partial charge >= 0.3 is 0 Å². The van der Waals surface area contributed by atoms with Crippen LogP contribution < -0.4 is 26.2 Å². The van der Waals surface area contributed by atoms with E-state index in [0.29, 0.717) is 22.7 Å². The number of unbranched alkanes of at least 4 members (excludes halogenated alkanes) is 1. The van der Waals surface area contributed by atoms with Gasteiger partial charge in [-0.05, 0) is 68.0 Å². The lowest BCUT2D eigenvalue weighted by molar-refractivity contribution is 0.340. The summed E-state index contributed by atoms with van der Waals surface area (Å²) in [6.45, 7) is 7.92. The average molecular weight is 383 g/mol. The largest absolute Gasteiger partial charge is 0.494 e. The molecule has 4 N–H and O–H groups in total. The zero-order valence-electron chi connectivity index (χ0n) is 15.4. The quantitative estimate of drug-likeness (QED) is 0.381. The highest BCUT2D eigenvalue weighted by Gasteiger charge is 2.06. The molecule has 0 fully saturated rings.